The molecule has 0 bridgehead atoms. The lowest BCUT2D eigenvalue weighted by atomic mass is 9.75. The van der Waals surface area contributed by atoms with Crippen LogP contribution < -0.4 is 5.32 Å². The van der Waals surface area contributed by atoms with Crippen molar-refractivity contribution in [2.75, 3.05) is 7.05 Å². The summed E-state index contributed by atoms with van der Waals surface area (Å²) in [7, 11) is 2.01. The number of hydrogen-bond acceptors (Lipinski definition) is 1. The highest BCUT2D eigenvalue weighted by molar-refractivity contribution is 6.42. The van der Waals surface area contributed by atoms with Gasteiger partial charge in [0.1, 0.15) is 0 Å². The van der Waals surface area contributed by atoms with Crippen LogP contribution in [0.3, 0.4) is 0 Å². The van der Waals surface area contributed by atoms with Crippen LogP contribution in [0.2, 0.25) is 10.0 Å². The summed E-state index contributed by atoms with van der Waals surface area (Å²) in [6, 6.07) is 6.20. The number of benzene rings is 1. The van der Waals surface area contributed by atoms with Crippen molar-refractivity contribution in [3.05, 3.63) is 33.8 Å². The van der Waals surface area contributed by atoms with Gasteiger partial charge in [-0.25, -0.2) is 0 Å². The minimum absolute atomic E-state index is 0.286. The van der Waals surface area contributed by atoms with Crippen molar-refractivity contribution in [3.8, 4) is 0 Å². The van der Waals surface area contributed by atoms with Gasteiger partial charge < -0.3 is 5.32 Å². The maximum Gasteiger partial charge on any atom is 0.0640 e. The van der Waals surface area contributed by atoms with Gasteiger partial charge in [0, 0.05) is 6.04 Å². The summed E-state index contributed by atoms with van der Waals surface area (Å²) in [4.78, 5) is 0. The summed E-state index contributed by atoms with van der Waals surface area (Å²) in [5.41, 5.74) is 1.49. The van der Waals surface area contributed by atoms with Crippen molar-refractivity contribution in [2.24, 2.45) is 11.3 Å². The Bertz CT molecular complexity index is 429. The number of halogens is 2. The highest BCUT2D eigenvalue weighted by Crippen LogP contribution is 2.49. The minimum atomic E-state index is 0.286. The zero-order chi connectivity index (χ0) is 13.3. The van der Waals surface area contributed by atoms with Gasteiger partial charge in [0.15, 0.2) is 0 Å². The molecule has 1 nitrogen and oxygen atoms in total. The van der Waals surface area contributed by atoms with Crippen molar-refractivity contribution in [3.63, 3.8) is 0 Å². The topological polar surface area (TPSA) is 12.0 Å². The second-order valence-electron chi connectivity index (χ2n) is 5.90. The SMILES string of the molecule is CNC(c1cccc(Cl)c1Cl)C1CCCC1(C)C. The Morgan fingerprint density at radius 1 is 1.33 bits per heavy atom. The minimum Gasteiger partial charge on any atom is -0.313 e. The monoisotopic (exact) mass is 285 g/mol. The molecule has 1 fully saturated rings. The Morgan fingerprint density at radius 2 is 2.06 bits per heavy atom. The molecular formula is C15H21Cl2N. The molecule has 0 spiro atoms. The lowest BCUT2D eigenvalue weighted by Crippen LogP contribution is -2.32. The summed E-state index contributed by atoms with van der Waals surface area (Å²) in [6.45, 7) is 4.71. The van der Waals surface area contributed by atoms with E-state index in [0.29, 0.717) is 21.4 Å². The van der Waals surface area contributed by atoms with Crippen LogP contribution in [0.4, 0.5) is 0 Å². The van der Waals surface area contributed by atoms with Crippen LogP contribution in [0.5, 0.6) is 0 Å². The fourth-order valence-corrected chi connectivity index (χ4v) is 3.73. The molecule has 18 heavy (non-hydrogen) atoms. The second-order valence-corrected chi connectivity index (χ2v) is 6.68. The molecule has 1 N–H and O–H groups in total. The van der Waals surface area contributed by atoms with Crippen LogP contribution in [0.15, 0.2) is 18.2 Å². The first-order valence-corrected chi connectivity index (χ1v) is 7.34. The first-order valence-electron chi connectivity index (χ1n) is 6.58. The molecule has 0 aromatic heterocycles. The fraction of sp³-hybridized carbons (Fsp3) is 0.600. The van der Waals surface area contributed by atoms with Gasteiger partial charge in [-0.15, -0.1) is 0 Å². The number of nitrogens with one attached hydrogen (secondary N) is 1. The Balaban J connectivity index is 2.37. The first-order chi connectivity index (χ1) is 8.47. The standard InChI is InChI=1S/C15H21Cl2N/c1-15(2)9-5-7-11(15)14(18-3)10-6-4-8-12(16)13(10)17/h4,6,8,11,14,18H,5,7,9H2,1-3H3. The van der Waals surface area contributed by atoms with Gasteiger partial charge in [-0.2, -0.15) is 0 Å². The average molecular weight is 286 g/mol. The van der Waals surface area contributed by atoms with Crippen LogP contribution >= 0.6 is 23.2 Å². The third kappa shape index (κ3) is 2.54. The first kappa shape index (κ1) is 14.2. The molecule has 1 saturated carbocycles. The molecule has 0 heterocycles. The molecule has 2 unspecified atom stereocenters. The van der Waals surface area contributed by atoms with Gasteiger partial charge in [-0.1, -0.05) is 55.6 Å². The van der Waals surface area contributed by atoms with E-state index in [0.717, 1.165) is 5.56 Å². The highest BCUT2D eigenvalue weighted by Gasteiger charge is 2.40. The maximum absolute atomic E-state index is 6.37. The quantitative estimate of drug-likeness (QED) is 0.817. The van der Waals surface area contributed by atoms with Gasteiger partial charge in [0.2, 0.25) is 0 Å². The summed E-state index contributed by atoms with van der Waals surface area (Å²) in [6.07, 6.45) is 3.84. The Morgan fingerprint density at radius 3 is 2.61 bits per heavy atom. The lowest BCUT2D eigenvalue weighted by molar-refractivity contribution is 0.204. The Kier molecular flexibility index (Phi) is 4.25. The summed E-state index contributed by atoms with van der Waals surface area (Å²) >= 11 is 12.5. The Labute approximate surface area is 120 Å². The smallest absolute Gasteiger partial charge is 0.0640 e. The highest BCUT2D eigenvalue weighted by atomic mass is 35.5. The summed E-state index contributed by atoms with van der Waals surface area (Å²) in [5, 5.41) is 4.78. The van der Waals surface area contributed by atoms with E-state index < -0.39 is 0 Å². The predicted octanol–water partition coefficient (Wildman–Crippen LogP) is 5.08. The molecule has 1 aromatic carbocycles. The molecule has 0 aliphatic heterocycles. The summed E-state index contributed by atoms with van der Waals surface area (Å²) in [5.74, 6) is 0.610. The van der Waals surface area contributed by atoms with Crippen molar-refractivity contribution >= 4 is 23.2 Å². The van der Waals surface area contributed by atoms with Gasteiger partial charge in [-0.3, -0.25) is 0 Å². The van der Waals surface area contributed by atoms with E-state index >= 15 is 0 Å². The van der Waals surface area contributed by atoms with Crippen LogP contribution in [-0.2, 0) is 0 Å². The number of hydrogen-bond donors (Lipinski definition) is 1. The predicted molar refractivity (Wildman–Crippen MR) is 79.4 cm³/mol. The van der Waals surface area contributed by atoms with Crippen LogP contribution in [0, 0.1) is 11.3 Å². The van der Waals surface area contributed by atoms with E-state index in [1.165, 1.54) is 19.3 Å². The van der Waals surface area contributed by atoms with Crippen LogP contribution in [0.1, 0.15) is 44.7 Å². The van der Waals surface area contributed by atoms with Gasteiger partial charge in [0.05, 0.1) is 10.0 Å². The second kappa shape index (κ2) is 5.40. The normalized spacial score (nSPS) is 24.2. The van der Waals surface area contributed by atoms with E-state index in [2.05, 4.69) is 25.2 Å². The van der Waals surface area contributed by atoms with Gasteiger partial charge in [0.25, 0.3) is 0 Å². The molecule has 0 radical (unpaired) electrons. The molecule has 100 valence electrons. The zero-order valence-electron chi connectivity index (χ0n) is 11.3. The molecular weight excluding hydrogens is 265 g/mol. The van der Waals surface area contributed by atoms with Gasteiger partial charge in [-0.05, 0) is 42.9 Å². The molecule has 1 aliphatic carbocycles. The molecule has 2 rings (SSSR count). The summed E-state index contributed by atoms with van der Waals surface area (Å²) < 4.78 is 0. The average Bonchev–Trinajstić information content (AvgIpc) is 2.66. The molecule has 0 saturated heterocycles. The van der Waals surface area contributed by atoms with Crippen molar-refractivity contribution in [2.45, 2.75) is 39.2 Å². The van der Waals surface area contributed by atoms with Crippen molar-refractivity contribution in [1.82, 2.24) is 5.32 Å². The largest absolute Gasteiger partial charge is 0.313 e. The van der Waals surface area contributed by atoms with Crippen molar-refractivity contribution in [1.29, 1.82) is 0 Å². The van der Waals surface area contributed by atoms with E-state index in [4.69, 9.17) is 23.2 Å². The van der Waals surface area contributed by atoms with E-state index in [1.54, 1.807) is 0 Å². The third-order valence-corrected chi connectivity index (χ3v) is 5.20. The van der Waals surface area contributed by atoms with Gasteiger partial charge >= 0.3 is 0 Å². The molecule has 1 aliphatic rings. The molecule has 2 atom stereocenters. The van der Waals surface area contributed by atoms with E-state index in [9.17, 15) is 0 Å². The molecule has 1 aromatic rings. The Hall–Kier alpha value is -0.240. The van der Waals surface area contributed by atoms with Crippen LogP contribution in [-0.4, -0.2) is 7.05 Å². The number of rotatable bonds is 3. The zero-order valence-corrected chi connectivity index (χ0v) is 12.8. The fourth-order valence-electron chi connectivity index (χ4n) is 3.31. The third-order valence-electron chi connectivity index (χ3n) is 4.37. The van der Waals surface area contributed by atoms with E-state index in [-0.39, 0.29) is 6.04 Å². The van der Waals surface area contributed by atoms with Crippen LogP contribution in [0.25, 0.3) is 0 Å². The van der Waals surface area contributed by atoms with Crippen molar-refractivity contribution < 1.29 is 0 Å². The van der Waals surface area contributed by atoms with E-state index in [1.807, 2.05) is 19.2 Å². The lowest BCUT2D eigenvalue weighted by Gasteiger charge is -2.34. The maximum atomic E-state index is 6.37. The molecule has 3 heteroatoms. The molecule has 0 amide bonds.